The summed E-state index contributed by atoms with van der Waals surface area (Å²) in [6.45, 7) is 4.61. The number of fused-ring (bicyclic) bond motifs is 3. The third kappa shape index (κ3) is 2.10. The second-order valence-electron chi connectivity index (χ2n) is 6.09. The number of aryl methyl sites for hydroxylation is 2. The van der Waals surface area contributed by atoms with Crippen molar-refractivity contribution in [2.45, 2.75) is 20.3 Å². The third-order valence-electron chi connectivity index (χ3n) is 4.66. The Hall–Kier alpha value is -2.75. The van der Waals surface area contributed by atoms with Gasteiger partial charge in [-0.2, -0.15) is 0 Å². The molecule has 2 heterocycles. The summed E-state index contributed by atoms with van der Waals surface area (Å²) in [5, 5.41) is 1.00. The van der Waals surface area contributed by atoms with Crippen molar-refractivity contribution in [1.29, 1.82) is 0 Å². The highest BCUT2D eigenvalue weighted by molar-refractivity contribution is 5.96. The first kappa shape index (κ1) is 14.8. The smallest absolute Gasteiger partial charge is 0.336 e. The fourth-order valence-corrected chi connectivity index (χ4v) is 3.58. The number of methoxy groups -OCH3 is 1. The van der Waals surface area contributed by atoms with Gasteiger partial charge in [0, 0.05) is 29.0 Å². The molecule has 0 N–H and O–H groups in total. The second-order valence-corrected chi connectivity index (χ2v) is 6.09. The van der Waals surface area contributed by atoms with Crippen LogP contribution in [-0.4, -0.2) is 13.7 Å². The molecule has 0 aliphatic carbocycles. The van der Waals surface area contributed by atoms with Crippen LogP contribution in [-0.2, 0) is 6.42 Å². The SMILES string of the molecule is COc1ccc(-c2c3c(c4oc(=O)cc(C)c4c2C)CCO3)cc1. The summed E-state index contributed by atoms with van der Waals surface area (Å²) in [6.07, 6.45) is 0.752. The molecule has 0 saturated heterocycles. The van der Waals surface area contributed by atoms with Gasteiger partial charge in [0.15, 0.2) is 0 Å². The van der Waals surface area contributed by atoms with Gasteiger partial charge in [0.05, 0.1) is 13.7 Å². The Kier molecular flexibility index (Phi) is 3.34. The van der Waals surface area contributed by atoms with Gasteiger partial charge in [0.1, 0.15) is 17.1 Å². The Morgan fingerprint density at radius 2 is 1.88 bits per heavy atom. The highest BCUT2D eigenvalue weighted by atomic mass is 16.5. The maximum atomic E-state index is 11.8. The van der Waals surface area contributed by atoms with E-state index in [9.17, 15) is 4.79 Å². The molecule has 0 radical (unpaired) electrons. The average molecular weight is 322 g/mol. The first-order valence-corrected chi connectivity index (χ1v) is 7.97. The summed E-state index contributed by atoms with van der Waals surface area (Å²) in [5.41, 5.74) is 5.48. The molecule has 0 saturated carbocycles. The van der Waals surface area contributed by atoms with Crippen molar-refractivity contribution in [3.05, 3.63) is 57.4 Å². The van der Waals surface area contributed by atoms with Crippen LogP contribution in [0.4, 0.5) is 0 Å². The molecule has 122 valence electrons. The van der Waals surface area contributed by atoms with Crippen LogP contribution in [0, 0.1) is 13.8 Å². The standard InChI is InChI=1S/C20H18O4/c1-11-10-16(21)24-20-15-8-9-23-19(15)18(12(2)17(11)20)13-4-6-14(22-3)7-5-13/h4-7,10H,8-9H2,1-3H3. The van der Waals surface area contributed by atoms with Crippen molar-refractivity contribution in [3.8, 4) is 22.6 Å². The van der Waals surface area contributed by atoms with Crippen LogP contribution in [0.1, 0.15) is 16.7 Å². The second kappa shape index (κ2) is 5.41. The van der Waals surface area contributed by atoms with Gasteiger partial charge in [0.2, 0.25) is 0 Å². The molecule has 0 amide bonds. The van der Waals surface area contributed by atoms with E-state index in [1.165, 1.54) is 0 Å². The predicted molar refractivity (Wildman–Crippen MR) is 93.1 cm³/mol. The van der Waals surface area contributed by atoms with Crippen molar-refractivity contribution in [2.75, 3.05) is 13.7 Å². The van der Waals surface area contributed by atoms with E-state index in [2.05, 4.69) is 6.92 Å². The van der Waals surface area contributed by atoms with Crippen LogP contribution >= 0.6 is 0 Å². The molecule has 4 nitrogen and oxygen atoms in total. The molecule has 0 atom stereocenters. The highest BCUT2D eigenvalue weighted by Gasteiger charge is 2.26. The zero-order valence-electron chi connectivity index (χ0n) is 13.9. The molecule has 1 aromatic heterocycles. The minimum atomic E-state index is -0.314. The molecule has 0 fully saturated rings. The van der Waals surface area contributed by atoms with Crippen LogP contribution in [0.15, 0.2) is 39.5 Å². The van der Waals surface area contributed by atoms with E-state index in [4.69, 9.17) is 13.9 Å². The first-order chi connectivity index (χ1) is 11.6. The minimum Gasteiger partial charge on any atom is -0.497 e. The van der Waals surface area contributed by atoms with Crippen LogP contribution in [0.5, 0.6) is 11.5 Å². The molecule has 0 bridgehead atoms. The van der Waals surface area contributed by atoms with Gasteiger partial charge in [0.25, 0.3) is 0 Å². The Balaban J connectivity index is 2.09. The Bertz CT molecular complexity index is 997. The minimum absolute atomic E-state index is 0.314. The van der Waals surface area contributed by atoms with Gasteiger partial charge in [-0.1, -0.05) is 12.1 Å². The summed E-state index contributed by atoms with van der Waals surface area (Å²) < 4.78 is 16.7. The number of hydrogen-bond donors (Lipinski definition) is 0. The lowest BCUT2D eigenvalue weighted by Gasteiger charge is -2.16. The van der Waals surface area contributed by atoms with E-state index in [1.54, 1.807) is 13.2 Å². The quantitative estimate of drug-likeness (QED) is 0.669. The zero-order valence-corrected chi connectivity index (χ0v) is 13.9. The van der Waals surface area contributed by atoms with E-state index in [-0.39, 0.29) is 5.63 Å². The molecule has 1 aliphatic rings. The normalized spacial score (nSPS) is 13.0. The molecule has 2 aromatic carbocycles. The highest BCUT2D eigenvalue weighted by Crippen LogP contribution is 2.45. The van der Waals surface area contributed by atoms with Crippen molar-refractivity contribution in [3.63, 3.8) is 0 Å². The van der Waals surface area contributed by atoms with Crippen LogP contribution in [0.2, 0.25) is 0 Å². The molecule has 24 heavy (non-hydrogen) atoms. The summed E-state index contributed by atoms with van der Waals surface area (Å²) in [5.74, 6) is 1.65. The number of ether oxygens (including phenoxy) is 2. The van der Waals surface area contributed by atoms with E-state index >= 15 is 0 Å². The number of rotatable bonds is 2. The maximum absolute atomic E-state index is 11.8. The monoisotopic (exact) mass is 322 g/mol. The molecule has 3 aromatic rings. The lowest BCUT2D eigenvalue weighted by atomic mass is 9.91. The molecule has 4 rings (SSSR count). The molecule has 0 spiro atoms. The largest absolute Gasteiger partial charge is 0.497 e. The van der Waals surface area contributed by atoms with Crippen molar-refractivity contribution < 1.29 is 13.9 Å². The fraction of sp³-hybridized carbons (Fsp3) is 0.250. The van der Waals surface area contributed by atoms with Crippen molar-refractivity contribution in [1.82, 2.24) is 0 Å². The van der Waals surface area contributed by atoms with Crippen LogP contribution in [0.25, 0.3) is 22.1 Å². The lowest BCUT2D eigenvalue weighted by molar-refractivity contribution is 0.358. The van der Waals surface area contributed by atoms with E-state index in [0.29, 0.717) is 12.2 Å². The number of benzene rings is 2. The summed E-state index contributed by atoms with van der Waals surface area (Å²) in [6, 6.07) is 9.50. The topological polar surface area (TPSA) is 48.7 Å². The molecule has 0 unspecified atom stereocenters. The third-order valence-corrected chi connectivity index (χ3v) is 4.66. The van der Waals surface area contributed by atoms with Gasteiger partial charge < -0.3 is 13.9 Å². The summed E-state index contributed by atoms with van der Waals surface area (Å²) in [7, 11) is 1.66. The molecular weight excluding hydrogens is 304 g/mol. The van der Waals surface area contributed by atoms with E-state index in [0.717, 1.165) is 51.1 Å². The predicted octanol–water partition coefficient (Wildman–Crippen LogP) is 4.02. The molecule has 4 heteroatoms. The van der Waals surface area contributed by atoms with Gasteiger partial charge in [-0.3, -0.25) is 0 Å². The Labute approximate surface area is 139 Å². The molecular formula is C20H18O4. The zero-order chi connectivity index (χ0) is 16.8. The van der Waals surface area contributed by atoms with E-state index < -0.39 is 0 Å². The van der Waals surface area contributed by atoms with Gasteiger partial charge in [-0.25, -0.2) is 4.79 Å². The maximum Gasteiger partial charge on any atom is 0.336 e. The molecule has 1 aliphatic heterocycles. The Morgan fingerprint density at radius 1 is 1.12 bits per heavy atom. The average Bonchev–Trinajstić information content (AvgIpc) is 3.04. The van der Waals surface area contributed by atoms with Crippen LogP contribution < -0.4 is 15.1 Å². The summed E-state index contributed by atoms with van der Waals surface area (Å²) >= 11 is 0. The first-order valence-electron chi connectivity index (χ1n) is 7.97. The summed E-state index contributed by atoms with van der Waals surface area (Å²) in [4.78, 5) is 11.8. The van der Waals surface area contributed by atoms with Crippen molar-refractivity contribution >= 4 is 11.0 Å². The van der Waals surface area contributed by atoms with Gasteiger partial charge >= 0.3 is 5.63 Å². The van der Waals surface area contributed by atoms with Gasteiger partial charge in [-0.05, 0) is 42.7 Å². The lowest BCUT2D eigenvalue weighted by Crippen LogP contribution is -2.02. The number of hydrogen-bond acceptors (Lipinski definition) is 4. The fourth-order valence-electron chi connectivity index (χ4n) is 3.58. The Morgan fingerprint density at radius 3 is 2.58 bits per heavy atom. The van der Waals surface area contributed by atoms with Crippen molar-refractivity contribution in [2.24, 2.45) is 0 Å². The van der Waals surface area contributed by atoms with Crippen LogP contribution in [0.3, 0.4) is 0 Å². The van der Waals surface area contributed by atoms with E-state index in [1.807, 2.05) is 31.2 Å². The van der Waals surface area contributed by atoms with Gasteiger partial charge in [-0.15, -0.1) is 0 Å².